The van der Waals surface area contributed by atoms with Gasteiger partial charge in [-0.25, -0.2) is 9.97 Å². The monoisotopic (exact) mass is 307 g/mol. The molecule has 0 aliphatic heterocycles. The van der Waals surface area contributed by atoms with Crippen LogP contribution in [0.2, 0.25) is 0 Å². The zero-order valence-electron chi connectivity index (χ0n) is 9.35. The first-order valence-electron chi connectivity index (χ1n) is 5.57. The summed E-state index contributed by atoms with van der Waals surface area (Å²) >= 11 is 3.23. The minimum absolute atomic E-state index is 0.166. The van der Waals surface area contributed by atoms with Crippen molar-refractivity contribution in [3.8, 4) is 0 Å². The van der Waals surface area contributed by atoms with Crippen molar-refractivity contribution >= 4 is 27.5 Å². The van der Waals surface area contributed by atoms with Gasteiger partial charge in [-0.3, -0.25) is 9.89 Å². The Kier molecular flexibility index (Phi) is 2.83. The van der Waals surface area contributed by atoms with Crippen LogP contribution in [0.1, 0.15) is 35.2 Å². The summed E-state index contributed by atoms with van der Waals surface area (Å²) in [5, 5.41) is 9.40. The SMILES string of the molecule is O=C(Nc1ccc(Br)nc1)c1n[nH]c(C2CC2)n1. The molecular weight excluding hydrogens is 298 g/mol. The summed E-state index contributed by atoms with van der Waals surface area (Å²) in [5.74, 6) is 1.09. The van der Waals surface area contributed by atoms with Gasteiger partial charge in [-0.1, -0.05) is 0 Å². The first-order valence-corrected chi connectivity index (χ1v) is 6.37. The van der Waals surface area contributed by atoms with Crippen molar-refractivity contribution in [2.75, 3.05) is 5.32 Å². The molecule has 92 valence electrons. The van der Waals surface area contributed by atoms with Crippen molar-refractivity contribution in [3.05, 3.63) is 34.6 Å². The van der Waals surface area contributed by atoms with Crippen LogP contribution in [-0.2, 0) is 0 Å². The topological polar surface area (TPSA) is 83.6 Å². The van der Waals surface area contributed by atoms with Crippen molar-refractivity contribution in [3.63, 3.8) is 0 Å². The lowest BCUT2D eigenvalue weighted by atomic mass is 10.4. The van der Waals surface area contributed by atoms with E-state index in [-0.39, 0.29) is 11.7 Å². The molecule has 3 rings (SSSR count). The average molecular weight is 308 g/mol. The Hall–Kier alpha value is -1.76. The van der Waals surface area contributed by atoms with Gasteiger partial charge in [-0.05, 0) is 40.9 Å². The van der Waals surface area contributed by atoms with Crippen LogP contribution >= 0.6 is 15.9 Å². The predicted octanol–water partition coefficient (Wildman–Crippen LogP) is 2.09. The van der Waals surface area contributed by atoms with Crippen LogP contribution in [-0.4, -0.2) is 26.1 Å². The van der Waals surface area contributed by atoms with E-state index >= 15 is 0 Å². The molecule has 1 fully saturated rings. The van der Waals surface area contributed by atoms with Crippen LogP contribution in [0.3, 0.4) is 0 Å². The smallest absolute Gasteiger partial charge is 0.295 e. The molecule has 1 saturated carbocycles. The molecule has 1 amide bonds. The molecule has 2 heterocycles. The fourth-order valence-corrected chi connectivity index (χ4v) is 1.79. The second-order valence-electron chi connectivity index (χ2n) is 4.14. The third-order valence-electron chi connectivity index (χ3n) is 2.66. The van der Waals surface area contributed by atoms with Gasteiger partial charge in [-0.2, -0.15) is 0 Å². The molecule has 1 aliphatic carbocycles. The summed E-state index contributed by atoms with van der Waals surface area (Å²) in [6.07, 6.45) is 3.80. The summed E-state index contributed by atoms with van der Waals surface area (Å²) in [6.45, 7) is 0. The minimum atomic E-state index is -0.331. The molecule has 0 aromatic carbocycles. The van der Waals surface area contributed by atoms with E-state index in [2.05, 4.69) is 41.4 Å². The normalized spacial score (nSPS) is 14.5. The second kappa shape index (κ2) is 4.49. The van der Waals surface area contributed by atoms with Gasteiger partial charge < -0.3 is 5.32 Å². The van der Waals surface area contributed by atoms with E-state index in [9.17, 15) is 4.79 Å². The predicted molar refractivity (Wildman–Crippen MR) is 68.2 cm³/mol. The van der Waals surface area contributed by atoms with Crippen molar-refractivity contribution in [1.29, 1.82) is 0 Å². The minimum Gasteiger partial charge on any atom is -0.318 e. The summed E-state index contributed by atoms with van der Waals surface area (Å²) in [4.78, 5) is 20.1. The van der Waals surface area contributed by atoms with Crippen LogP contribution in [0.25, 0.3) is 0 Å². The van der Waals surface area contributed by atoms with Gasteiger partial charge in [0, 0.05) is 5.92 Å². The number of nitrogens with zero attached hydrogens (tertiary/aromatic N) is 3. The Morgan fingerprint density at radius 2 is 2.28 bits per heavy atom. The molecular formula is C11H10BrN5O. The third kappa shape index (κ3) is 2.40. The molecule has 6 nitrogen and oxygen atoms in total. The van der Waals surface area contributed by atoms with Crippen LogP contribution < -0.4 is 5.32 Å². The molecule has 2 aromatic rings. The maximum Gasteiger partial charge on any atom is 0.295 e. The highest BCUT2D eigenvalue weighted by Gasteiger charge is 2.28. The van der Waals surface area contributed by atoms with Crippen molar-refractivity contribution in [1.82, 2.24) is 20.2 Å². The lowest BCUT2D eigenvalue weighted by Crippen LogP contribution is -2.13. The van der Waals surface area contributed by atoms with Gasteiger partial charge in [-0.15, -0.1) is 5.10 Å². The zero-order valence-corrected chi connectivity index (χ0v) is 10.9. The number of carbonyl (C=O) groups excluding carboxylic acids is 1. The molecule has 0 spiro atoms. The fraction of sp³-hybridized carbons (Fsp3) is 0.273. The van der Waals surface area contributed by atoms with Gasteiger partial charge in [0.25, 0.3) is 5.91 Å². The molecule has 0 saturated heterocycles. The molecule has 0 unspecified atom stereocenters. The van der Waals surface area contributed by atoms with Crippen molar-refractivity contribution in [2.24, 2.45) is 0 Å². The fourth-order valence-electron chi connectivity index (χ4n) is 1.55. The second-order valence-corrected chi connectivity index (χ2v) is 4.95. The van der Waals surface area contributed by atoms with E-state index in [0.717, 1.165) is 23.3 Å². The number of pyridine rings is 1. The number of halogens is 1. The van der Waals surface area contributed by atoms with Gasteiger partial charge in [0.05, 0.1) is 11.9 Å². The number of H-pyrrole nitrogens is 1. The number of rotatable bonds is 3. The third-order valence-corrected chi connectivity index (χ3v) is 3.12. The number of nitrogens with one attached hydrogen (secondary N) is 2. The Bertz CT molecular complexity index is 575. The van der Waals surface area contributed by atoms with Crippen molar-refractivity contribution in [2.45, 2.75) is 18.8 Å². The van der Waals surface area contributed by atoms with E-state index < -0.39 is 0 Å². The number of aromatic amines is 1. The molecule has 0 atom stereocenters. The number of amides is 1. The van der Waals surface area contributed by atoms with Crippen LogP contribution in [0, 0.1) is 0 Å². The standard InChI is InChI=1S/C11H10BrN5O/c12-8-4-3-7(5-13-8)14-11(18)10-15-9(16-17-10)6-1-2-6/h3-6H,1-2H2,(H,14,18)(H,15,16,17). The molecule has 0 bridgehead atoms. The van der Waals surface area contributed by atoms with Gasteiger partial charge in [0.15, 0.2) is 0 Å². The number of anilines is 1. The zero-order chi connectivity index (χ0) is 12.5. The van der Waals surface area contributed by atoms with E-state index in [1.54, 1.807) is 18.3 Å². The Morgan fingerprint density at radius 1 is 1.44 bits per heavy atom. The number of hydrogen-bond acceptors (Lipinski definition) is 4. The molecule has 0 radical (unpaired) electrons. The Balaban J connectivity index is 1.71. The van der Waals surface area contributed by atoms with Crippen LogP contribution in [0.4, 0.5) is 5.69 Å². The molecule has 18 heavy (non-hydrogen) atoms. The number of carbonyl (C=O) groups is 1. The van der Waals surface area contributed by atoms with Gasteiger partial charge in [0.2, 0.25) is 5.82 Å². The lowest BCUT2D eigenvalue weighted by Gasteiger charge is -2.01. The highest BCUT2D eigenvalue weighted by molar-refractivity contribution is 9.10. The van der Waals surface area contributed by atoms with Crippen LogP contribution in [0.5, 0.6) is 0 Å². The molecule has 2 aromatic heterocycles. The Labute approximate surface area is 111 Å². The van der Waals surface area contributed by atoms with E-state index in [0.29, 0.717) is 11.6 Å². The average Bonchev–Trinajstić information content (AvgIpc) is 3.10. The highest BCUT2D eigenvalue weighted by Crippen LogP contribution is 2.37. The maximum absolute atomic E-state index is 11.9. The molecule has 1 aliphatic rings. The van der Waals surface area contributed by atoms with Crippen LogP contribution in [0.15, 0.2) is 22.9 Å². The molecule has 7 heteroatoms. The lowest BCUT2D eigenvalue weighted by molar-refractivity contribution is 0.101. The highest BCUT2D eigenvalue weighted by atomic mass is 79.9. The maximum atomic E-state index is 11.9. The summed E-state index contributed by atoms with van der Waals surface area (Å²) < 4.78 is 0.717. The van der Waals surface area contributed by atoms with E-state index in [1.165, 1.54) is 0 Å². The van der Waals surface area contributed by atoms with E-state index in [4.69, 9.17) is 0 Å². The van der Waals surface area contributed by atoms with Gasteiger partial charge >= 0.3 is 0 Å². The van der Waals surface area contributed by atoms with Crippen molar-refractivity contribution < 1.29 is 4.79 Å². The summed E-state index contributed by atoms with van der Waals surface area (Å²) in [5.41, 5.74) is 0.612. The number of hydrogen-bond donors (Lipinski definition) is 2. The number of aromatic nitrogens is 4. The molecule has 2 N–H and O–H groups in total. The first-order chi connectivity index (χ1) is 8.72. The summed E-state index contributed by atoms with van der Waals surface area (Å²) in [7, 11) is 0. The Morgan fingerprint density at radius 3 is 2.94 bits per heavy atom. The largest absolute Gasteiger partial charge is 0.318 e. The van der Waals surface area contributed by atoms with E-state index in [1.807, 2.05) is 0 Å². The quantitative estimate of drug-likeness (QED) is 0.851. The summed E-state index contributed by atoms with van der Waals surface area (Å²) in [6, 6.07) is 3.51. The first kappa shape index (κ1) is 11.3. The van der Waals surface area contributed by atoms with Gasteiger partial charge in [0.1, 0.15) is 10.4 Å².